The smallest absolute Gasteiger partial charge is 0.407 e. The average molecular weight is 417 g/mol. The topological polar surface area (TPSA) is 84.9 Å². The van der Waals surface area contributed by atoms with Crippen molar-refractivity contribution in [2.75, 3.05) is 13.7 Å². The van der Waals surface area contributed by atoms with Gasteiger partial charge in [0.1, 0.15) is 18.4 Å². The Balaban J connectivity index is 1.44. The number of hydrogen-bond acceptors (Lipinski definition) is 5. The van der Waals surface area contributed by atoms with E-state index in [0.29, 0.717) is 0 Å². The molecule has 6 nitrogen and oxygen atoms in total. The van der Waals surface area contributed by atoms with Gasteiger partial charge in [-0.1, -0.05) is 60.7 Å². The first kappa shape index (κ1) is 20.5. The summed E-state index contributed by atoms with van der Waals surface area (Å²) >= 11 is 0. The van der Waals surface area contributed by atoms with E-state index in [1.807, 2.05) is 36.4 Å². The Morgan fingerprint density at radius 2 is 1.52 bits per heavy atom. The Morgan fingerprint density at radius 1 is 0.935 bits per heavy atom. The van der Waals surface area contributed by atoms with Gasteiger partial charge in [0.2, 0.25) is 0 Å². The van der Waals surface area contributed by atoms with Gasteiger partial charge >= 0.3 is 12.1 Å². The molecule has 31 heavy (non-hydrogen) atoms. The van der Waals surface area contributed by atoms with Crippen LogP contribution in [0.4, 0.5) is 4.79 Å². The lowest BCUT2D eigenvalue weighted by Gasteiger charge is -2.18. The predicted molar refractivity (Wildman–Crippen MR) is 116 cm³/mol. The third kappa shape index (κ3) is 4.38. The first-order valence-electron chi connectivity index (χ1n) is 10.0. The zero-order chi connectivity index (χ0) is 21.8. The number of phenolic OH excluding ortho intramolecular Hbond substituents is 1. The predicted octanol–water partition coefficient (Wildman–Crippen LogP) is 4.02. The molecule has 0 aromatic heterocycles. The second kappa shape index (κ2) is 8.92. The summed E-state index contributed by atoms with van der Waals surface area (Å²) in [7, 11) is 1.27. The molecule has 2 N–H and O–H groups in total. The maximum Gasteiger partial charge on any atom is 0.407 e. The zero-order valence-electron chi connectivity index (χ0n) is 17.1. The van der Waals surface area contributed by atoms with Crippen LogP contribution < -0.4 is 5.32 Å². The normalized spacial score (nSPS) is 13.1. The molecule has 0 saturated heterocycles. The van der Waals surface area contributed by atoms with Gasteiger partial charge in [0.25, 0.3) is 0 Å². The minimum atomic E-state index is -0.898. The summed E-state index contributed by atoms with van der Waals surface area (Å²) in [6.07, 6.45) is -0.465. The molecule has 0 bridgehead atoms. The van der Waals surface area contributed by atoms with E-state index >= 15 is 0 Å². The van der Waals surface area contributed by atoms with E-state index in [-0.39, 0.29) is 24.7 Å². The number of benzene rings is 3. The Bertz CT molecular complexity index is 1050. The number of amides is 1. The van der Waals surface area contributed by atoms with Crippen molar-refractivity contribution in [3.8, 4) is 16.9 Å². The summed E-state index contributed by atoms with van der Waals surface area (Å²) in [6, 6.07) is 21.7. The van der Waals surface area contributed by atoms with Crippen LogP contribution >= 0.6 is 0 Å². The molecule has 1 aliphatic rings. The number of fused-ring (bicyclic) bond motifs is 3. The van der Waals surface area contributed by atoms with Gasteiger partial charge in [-0.25, -0.2) is 9.59 Å². The molecular formula is C25H23NO5. The molecule has 3 aromatic carbocycles. The molecular weight excluding hydrogens is 394 g/mol. The van der Waals surface area contributed by atoms with Crippen molar-refractivity contribution in [3.63, 3.8) is 0 Å². The van der Waals surface area contributed by atoms with Crippen molar-refractivity contribution >= 4 is 12.1 Å². The van der Waals surface area contributed by atoms with Crippen molar-refractivity contribution < 1.29 is 24.2 Å². The summed E-state index contributed by atoms with van der Waals surface area (Å²) in [6.45, 7) is 0.160. The molecule has 0 radical (unpaired) electrons. The number of esters is 1. The first-order valence-corrected chi connectivity index (χ1v) is 10.0. The van der Waals surface area contributed by atoms with E-state index < -0.39 is 18.1 Å². The number of methoxy groups -OCH3 is 1. The average Bonchev–Trinajstić information content (AvgIpc) is 3.12. The van der Waals surface area contributed by atoms with Gasteiger partial charge in [-0.05, 0) is 39.9 Å². The van der Waals surface area contributed by atoms with Gasteiger partial charge in [-0.3, -0.25) is 0 Å². The van der Waals surface area contributed by atoms with E-state index in [9.17, 15) is 14.7 Å². The molecule has 158 valence electrons. The minimum Gasteiger partial charge on any atom is -0.508 e. The Kier molecular flexibility index (Phi) is 5.89. The number of nitrogens with one attached hydrogen (secondary N) is 1. The highest BCUT2D eigenvalue weighted by Crippen LogP contribution is 2.44. The third-order valence-corrected chi connectivity index (χ3v) is 5.50. The van der Waals surface area contributed by atoms with Crippen molar-refractivity contribution in [2.45, 2.75) is 18.4 Å². The molecule has 3 aromatic rings. The van der Waals surface area contributed by atoms with Crippen LogP contribution in [0, 0.1) is 0 Å². The second-order valence-corrected chi connectivity index (χ2v) is 7.42. The van der Waals surface area contributed by atoms with Crippen LogP contribution in [0.2, 0.25) is 0 Å². The summed E-state index contributed by atoms with van der Waals surface area (Å²) in [4.78, 5) is 24.7. The number of rotatable bonds is 6. The van der Waals surface area contributed by atoms with Crippen molar-refractivity contribution in [1.82, 2.24) is 5.32 Å². The molecule has 0 heterocycles. The largest absolute Gasteiger partial charge is 0.508 e. The second-order valence-electron chi connectivity index (χ2n) is 7.42. The van der Waals surface area contributed by atoms with Gasteiger partial charge in [-0.15, -0.1) is 0 Å². The molecule has 0 unspecified atom stereocenters. The quantitative estimate of drug-likeness (QED) is 0.592. The fourth-order valence-electron chi connectivity index (χ4n) is 3.99. The Morgan fingerprint density at radius 3 is 2.10 bits per heavy atom. The summed E-state index contributed by atoms with van der Waals surface area (Å²) in [5.74, 6) is -0.503. The van der Waals surface area contributed by atoms with Gasteiger partial charge in [0.05, 0.1) is 7.11 Å². The third-order valence-electron chi connectivity index (χ3n) is 5.50. The maximum absolute atomic E-state index is 12.5. The van der Waals surface area contributed by atoms with Crippen LogP contribution in [-0.4, -0.2) is 36.9 Å². The lowest BCUT2D eigenvalue weighted by Crippen LogP contribution is -2.43. The SMILES string of the molecule is COC(=O)[C@H](Cc1ccc(O)cc1)NC(=O)OCC1c2ccccc2-c2ccccc21. The van der Waals surface area contributed by atoms with E-state index in [4.69, 9.17) is 9.47 Å². The standard InChI is InChI=1S/C25H23NO5/c1-30-24(28)23(14-16-10-12-17(27)13-11-16)26-25(29)31-15-22-20-8-4-2-6-18(20)19-7-3-5-9-21(19)22/h2-13,22-23,27H,14-15H2,1H3,(H,26,29)/t23-/m0/s1. The van der Waals surface area contributed by atoms with E-state index in [2.05, 4.69) is 17.4 Å². The summed E-state index contributed by atoms with van der Waals surface area (Å²) in [5, 5.41) is 12.0. The van der Waals surface area contributed by atoms with Crippen LogP contribution in [0.5, 0.6) is 5.75 Å². The van der Waals surface area contributed by atoms with Crippen LogP contribution in [0.15, 0.2) is 72.8 Å². The highest BCUT2D eigenvalue weighted by atomic mass is 16.6. The number of carbonyl (C=O) groups is 2. The lowest BCUT2D eigenvalue weighted by molar-refractivity contribution is -0.143. The molecule has 1 atom stereocenters. The lowest BCUT2D eigenvalue weighted by atomic mass is 9.98. The minimum absolute atomic E-state index is 0.0631. The van der Waals surface area contributed by atoms with Crippen LogP contribution in [-0.2, 0) is 20.7 Å². The molecule has 0 saturated carbocycles. The molecule has 1 amide bonds. The summed E-state index contributed by atoms with van der Waals surface area (Å²) < 4.78 is 10.3. The Hall–Kier alpha value is -3.80. The summed E-state index contributed by atoms with van der Waals surface area (Å²) in [5.41, 5.74) is 5.29. The van der Waals surface area contributed by atoms with Crippen molar-refractivity contribution in [1.29, 1.82) is 0 Å². The van der Waals surface area contributed by atoms with Crippen LogP contribution in [0.3, 0.4) is 0 Å². The van der Waals surface area contributed by atoms with Crippen LogP contribution in [0.1, 0.15) is 22.6 Å². The monoisotopic (exact) mass is 417 g/mol. The molecule has 0 fully saturated rings. The van der Waals surface area contributed by atoms with E-state index in [1.165, 1.54) is 19.2 Å². The fraction of sp³-hybridized carbons (Fsp3) is 0.200. The van der Waals surface area contributed by atoms with Crippen molar-refractivity contribution in [2.24, 2.45) is 0 Å². The fourth-order valence-corrected chi connectivity index (χ4v) is 3.99. The number of ether oxygens (including phenoxy) is 2. The molecule has 0 aliphatic heterocycles. The van der Waals surface area contributed by atoms with Crippen LogP contribution in [0.25, 0.3) is 11.1 Å². The number of aromatic hydroxyl groups is 1. The van der Waals surface area contributed by atoms with Crippen molar-refractivity contribution in [3.05, 3.63) is 89.5 Å². The maximum atomic E-state index is 12.5. The first-order chi connectivity index (χ1) is 15.1. The van der Waals surface area contributed by atoms with E-state index in [1.54, 1.807) is 12.1 Å². The van der Waals surface area contributed by atoms with Gasteiger partial charge in [0.15, 0.2) is 0 Å². The Labute approximate surface area is 180 Å². The number of carbonyl (C=O) groups excluding carboxylic acids is 2. The number of alkyl carbamates (subject to hydrolysis) is 1. The molecule has 4 rings (SSSR count). The molecule has 1 aliphatic carbocycles. The van der Waals surface area contributed by atoms with E-state index in [0.717, 1.165) is 27.8 Å². The van der Waals surface area contributed by atoms with Gasteiger partial charge in [-0.2, -0.15) is 0 Å². The zero-order valence-corrected chi connectivity index (χ0v) is 17.1. The highest BCUT2D eigenvalue weighted by molar-refractivity contribution is 5.82. The molecule has 6 heteroatoms. The highest BCUT2D eigenvalue weighted by Gasteiger charge is 2.30. The van der Waals surface area contributed by atoms with Gasteiger partial charge in [0, 0.05) is 12.3 Å². The number of hydrogen-bond donors (Lipinski definition) is 2. The molecule has 0 spiro atoms. The van der Waals surface area contributed by atoms with Gasteiger partial charge < -0.3 is 19.9 Å². The number of phenols is 1.